The van der Waals surface area contributed by atoms with E-state index in [2.05, 4.69) is 11.1 Å². The van der Waals surface area contributed by atoms with Gasteiger partial charge in [0.05, 0.1) is 5.69 Å². The highest BCUT2D eigenvalue weighted by atomic mass is 16.3. The molecule has 3 heteroatoms. The van der Waals surface area contributed by atoms with Crippen molar-refractivity contribution in [3.05, 3.63) is 47.7 Å². The van der Waals surface area contributed by atoms with Gasteiger partial charge in [0.1, 0.15) is 5.76 Å². The van der Waals surface area contributed by atoms with Gasteiger partial charge in [0.2, 0.25) is 0 Å². The first-order chi connectivity index (χ1) is 8.79. The second-order valence-corrected chi connectivity index (χ2v) is 4.41. The van der Waals surface area contributed by atoms with Gasteiger partial charge >= 0.3 is 0 Å². The van der Waals surface area contributed by atoms with E-state index in [4.69, 9.17) is 4.42 Å². The van der Waals surface area contributed by atoms with E-state index in [1.165, 1.54) is 0 Å². The lowest BCUT2D eigenvalue weighted by molar-refractivity contribution is 0.300. The molecule has 0 aliphatic carbocycles. The van der Waals surface area contributed by atoms with Crippen molar-refractivity contribution >= 4 is 10.9 Å². The number of fused-ring (bicyclic) bond motifs is 1. The van der Waals surface area contributed by atoms with Crippen LogP contribution in [0.5, 0.6) is 0 Å². The third-order valence-corrected chi connectivity index (χ3v) is 3.16. The Morgan fingerprint density at radius 2 is 2.00 bits per heavy atom. The zero-order chi connectivity index (χ0) is 12.5. The van der Waals surface area contributed by atoms with E-state index >= 15 is 0 Å². The Bertz CT molecular complexity index is 679. The second kappa shape index (κ2) is 4.35. The molecule has 2 heterocycles. The van der Waals surface area contributed by atoms with Crippen LogP contribution < -0.4 is 0 Å². The van der Waals surface area contributed by atoms with Gasteiger partial charge in [-0.1, -0.05) is 18.2 Å². The summed E-state index contributed by atoms with van der Waals surface area (Å²) in [4.78, 5) is 3.37. The molecule has 0 fully saturated rings. The third kappa shape index (κ3) is 1.73. The second-order valence-electron chi connectivity index (χ2n) is 4.41. The van der Waals surface area contributed by atoms with Crippen molar-refractivity contribution in [3.63, 3.8) is 0 Å². The summed E-state index contributed by atoms with van der Waals surface area (Å²) < 4.78 is 5.67. The lowest BCUT2D eigenvalue weighted by Gasteiger charge is -2.00. The predicted molar refractivity (Wildman–Crippen MR) is 71.5 cm³/mol. The summed E-state index contributed by atoms with van der Waals surface area (Å²) in [6.45, 7) is 2.06. The SMILES string of the molecule is Cc1ccc(-c2[nH]c3ccccc3c2CCO)o1. The number of aryl methyl sites for hydroxylation is 1. The van der Waals surface area contributed by atoms with Crippen molar-refractivity contribution in [3.8, 4) is 11.5 Å². The minimum atomic E-state index is 0.133. The minimum absolute atomic E-state index is 0.133. The largest absolute Gasteiger partial charge is 0.460 e. The number of furan rings is 1. The quantitative estimate of drug-likeness (QED) is 0.739. The Morgan fingerprint density at radius 1 is 1.17 bits per heavy atom. The molecular weight excluding hydrogens is 226 g/mol. The number of benzene rings is 1. The van der Waals surface area contributed by atoms with Gasteiger partial charge in [0.15, 0.2) is 5.76 Å². The molecule has 3 rings (SSSR count). The fourth-order valence-corrected chi connectivity index (χ4v) is 2.35. The number of nitrogens with one attached hydrogen (secondary N) is 1. The van der Waals surface area contributed by atoms with Crippen molar-refractivity contribution in [2.45, 2.75) is 13.3 Å². The number of aromatic nitrogens is 1. The average molecular weight is 241 g/mol. The Labute approximate surface area is 105 Å². The standard InChI is InChI=1S/C15H15NO2/c1-10-6-7-14(18-10)15-12(8-9-17)11-4-2-3-5-13(11)16-15/h2-7,16-17H,8-9H2,1H3. The van der Waals surface area contributed by atoms with Crippen molar-refractivity contribution in [2.24, 2.45) is 0 Å². The maximum atomic E-state index is 9.23. The fourth-order valence-electron chi connectivity index (χ4n) is 2.35. The number of para-hydroxylation sites is 1. The molecule has 0 spiro atoms. The Hall–Kier alpha value is -2.00. The van der Waals surface area contributed by atoms with E-state index in [0.29, 0.717) is 6.42 Å². The molecule has 2 aromatic heterocycles. The predicted octanol–water partition coefficient (Wildman–Crippen LogP) is 3.27. The van der Waals surface area contributed by atoms with Crippen LogP contribution in [-0.4, -0.2) is 16.7 Å². The molecule has 0 saturated carbocycles. The molecule has 3 nitrogen and oxygen atoms in total. The zero-order valence-corrected chi connectivity index (χ0v) is 10.2. The normalized spacial score (nSPS) is 11.2. The molecule has 2 N–H and O–H groups in total. The number of aromatic amines is 1. The molecule has 0 atom stereocenters. The van der Waals surface area contributed by atoms with E-state index in [1.807, 2.05) is 37.3 Å². The molecule has 3 aromatic rings. The minimum Gasteiger partial charge on any atom is -0.460 e. The fraction of sp³-hybridized carbons (Fsp3) is 0.200. The lowest BCUT2D eigenvalue weighted by atomic mass is 10.1. The Balaban J connectivity index is 2.24. The number of rotatable bonds is 3. The molecule has 18 heavy (non-hydrogen) atoms. The molecule has 1 aromatic carbocycles. The van der Waals surface area contributed by atoms with Gasteiger partial charge in [-0.15, -0.1) is 0 Å². The van der Waals surface area contributed by atoms with Crippen LogP contribution in [0.1, 0.15) is 11.3 Å². The molecule has 0 aliphatic heterocycles. The van der Waals surface area contributed by atoms with Crippen molar-refractivity contribution in [2.75, 3.05) is 6.61 Å². The highest BCUT2D eigenvalue weighted by Gasteiger charge is 2.14. The number of H-pyrrole nitrogens is 1. The highest BCUT2D eigenvalue weighted by molar-refractivity contribution is 5.89. The van der Waals surface area contributed by atoms with E-state index < -0.39 is 0 Å². The molecule has 0 unspecified atom stereocenters. The van der Waals surface area contributed by atoms with Crippen LogP contribution in [-0.2, 0) is 6.42 Å². The van der Waals surface area contributed by atoms with Gasteiger partial charge in [0.25, 0.3) is 0 Å². The number of aliphatic hydroxyl groups excluding tert-OH is 1. The maximum Gasteiger partial charge on any atom is 0.150 e. The summed E-state index contributed by atoms with van der Waals surface area (Å²) in [7, 11) is 0. The molecule has 0 amide bonds. The summed E-state index contributed by atoms with van der Waals surface area (Å²) in [5.74, 6) is 1.71. The zero-order valence-electron chi connectivity index (χ0n) is 10.2. The van der Waals surface area contributed by atoms with Crippen molar-refractivity contribution in [1.29, 1.82) is 0 Å². The van der Waals surface area contributed by atoms with Gasteiger partial charge in [0, 0.05) is 17.5 Å². The van der Waals surface area contributed by atoms with E-state index in [9.17, 15) is 5.11 Å². The number of hydrogen-bond acceptors (Lipinski definition) is 2. The highest BCUT2D eigenvalue weighted by Crippen LogP contribution is 2.31. The average Bonchev–Trinajstić information content (AvgIpc) is 2.95. The number of aliphatic hydroxyl groups is 1. The maximum absolute atomic E-state index is 9.23. The van der Waals surface area contributed by atoms with E-state index in [1.54, 1.807) is 0 Å². The molecule has 0 saturated heterocycles. The number of hydrogen-bond donors (Lipinski definition) is 2. The Kier molecular flexibility index (Phi) is 2.68. The monoisotopic (exact) mass is 241 g/mol. The van der Waals surface area contributed by atoms with Crippen LogP contribution in [0.2, 0.25) is 0 Å². The van der Waals surface area contributed by atoms with Crippen LogP contribution in [0.3, 0.4) is 0 Å². The molecule has 0 aliphatic rings. The van der Waals surface area contributed by atoms with Crippen LogP contribution in [0.25, 0.3) is 22.4 Å². The molecule has 92 valence electrons. The Morgan fingerprint density at radius 3 is 2.72 bits per heavy atom. The summed E-state index contributed by atoms with van der Waals surface area (Å²) in [5.41, 5.74) is 3.16. The van der Waals surface area contributed by atoms with Crippen LogP contribution >= 0.6 is 0 Å². The van der Waals surface area contributed by atoms with Crippen molar-refractivity contribution in [1.82, 2.24) is 4.98 Å². The lowest BCUT2D eigenvalue weighted by Crippen LogP contribution is -1.91. The first-order valence-corrected chi connectivity index (χ1v) is 6.07. The topological polar surface area (TPSA) is 49.2 Å². The van der Waals surface area contributed by atoms with Crippen LogP contribution in [0, 0.1) is 6.92 Å². The smallest absolute Gasteiger partial charge is 0.150 e. The first-order valence-electron chi connectivity index (χ1n) is 6.07. The third-order valence-electron chi connectivity index (χ3n) is 3.16. The first kappa shape index (κ1) is 11.1. The van der Waals surface area contributed by atoms with Gasteiger partial charge in [-0.05, 0) is 37.1 Å². The molecule has 0 bridgehead atoms. The van der Waals surface area contributed by atoms with Crippen LogP contribution in [0.15, 0.2) is 40.8 Å². The van der Waals surface area contributed by atoms with Crippen LogP contribution in [0.4, 0.5) is 0 Å². The van der Waals surface area contributed by atoms with E-state index in [-0.39, 0.29) is 6.61 Å². The van der Waals surface area contributed by atoms with Gasteiger partial charge in [-0.3, -0.25) is 0 Å². The van der Waals surface area contributed by atoms with Gasteiger partial charge < -0.3 is 14.5 Å². The van der Waals surface area contributed by atoms with Gasteiger partial charge in [-0.25, -0.2) is 0 Å². The summed E-state index contributed by atoms with van der Waals surface area (Å²) in [6.07, 6.45) is 0.624. The summed E-state index contributed by atoms with van der Waals surface area (Å²) in [5, 5.41) is 10.4. The van der Waals surface area contributed by atoms with Crippen molar-refractivity contribution < 1.29 is 9.52 Å². The molecular formula is C15H15NO2. The summed E-state index contributed by atoms with van der Waals surface area (Å²) in [6, 6.07) is 12.0. The van der Waals surface area contributed by atoms with Gasteiger partial charge in [-0.2, -0.15) is 0 Å². The molecule has 0 radical (unpaired) electrons. The van der Waals surface area contributed by atoms with E-state index in [0.717, 1.165) is 33.7 Å². The summed E-state index contributed by atoms with van der Waals surface area (Å²) >= 11 is 0.